The average molecular weight is 460 g/mol. The summed E-state index contributed by atoms with van der Waals surface area (Å²) in [6.45, 7) is 8.79. The number of aryl methyl sites for hydroxylation is 1. The Hall–Kier alpha value is -2.65. The molecule has 9 nitrogen and oxygen atoms in total. The van der Waals surface area contributed by atoms with Crippen LogP contribution in [0, 0.1) is 12.8 Å². The molecule has 0 N–H and O–H groups in total. The van der Waals surface area contributed by atoms with Crippen molar-refractivity contribution in [3.05, 3.63) is 34.8 Å². The molecule has 0 unspecified atom stereocenters. The van der Waals surface area contributed by atoms with Crippen LogP contribution in [0.2, 0.25) is 0 Å². The van der Waals surface area contributed by atoms with Gasteiger partial charge >= 0.3 is 17.9 Å². The second-order valence-corrected chi connectivity index (χ2v) is 9.85. The maximum atomic E-state index is 12.8. The van der Waals surface area contributed by atoms with Crippen molar-refractivity contribution in [3.8, 4) is 0 Å². The fourth-order valence-electron chi connectivity index (χ4n) is 5.12. The van der Waals surface area contributed by atoms with E-state index < -0.39 is 53.3 Å². The van der Waals surface area contributed by atoms with Crippen LogP contribution in [0.25, 0.3) is 0 Å². The molecule has 0 spiro atoms. The summed E-state index contributed by atoms with van der Waals surface area (Å²) in [4.78, 5) is 36.9. The second kappa shape index (κ2) is 7.43. The summed E-state index contributed by atoms with van der Waals surface area (Å²) in [5, 5.41) is 0. The lowest BCUT2D eigenvalue weighted by atomic mass is 9.81. The second-order valence-electron chi connectivity index (χ2n) is 9.85. The zero-order chi connectivity index (χ0) is 23.7. The van der Waals surface area contributed by atoms with Gasteiger partial charge in [0.2, 0.25) is 0 Å². The molecule has 7 atom stereocenters. The third-order valence-corrected chi connectivity index (χ3v) is 7.01. The number of hydrogen-bond acceptors (Lipinski definition) is 9. The fraction of sp³-hybridized carbons (Fsp3) is 0.625. The van der Waals surface area contributed by atoms with Crippen LogP contribution in [0.3, 0.4) is 0 Å². The molecule has 5 heterocycles. The Bertz CT molecular complexity index is 1050. The van der Waals surface area contributed by atoms with Gasteiger partial charge in [-0.3, -0.25) is 9.59 Å². The van der Waals surface area contributed by atoms with Gasteiger partial charge in [-0.05, 0) is 44.9 Å². The lowest BCUT2D eigenvalue weighted by Crippen LogP contribution is -2.36. The van der Waals surface area contributed by atoms with Crippen LogP contribution in [-0.4, -0.2) is 47.9 Å². The highest BCUT2D eigenvalue weighted by Crippen LogP contribution is 2.55. The van der Waals surface area contributed by atoms with Crippen LogP contribution < -0.4 is 0 Å². The molecule has 2 saturated heterocycles. The normalized spacial score (nSPS) is 39.1. The van der Waals surface area contributed by atoms with Crippen LogP contribution in [0.4, 0.5) is 0 Å². The molecule has 2 fully saturated rings. The van der Waals surface area contributed by atoms with E-state index in [0.29, 0.717) is 24.5 Å². The number of rotatable bonds is 3. The van der Waals surface area contributed by atoms with E-state index in [2.05, 4.69) is 0 Å². The van der Waals surface area contributed by atoms with E-state index in [1.807, 2.05) is 26.8 Å². The van der Waals surface area contributed by atoms with Gasteiger partial charge in [-0.15, -0.1) is 0 Å². The highest BCUT2D eigenvalue weighted by molar-refractivity contribution is 5.92. The fourth-order valence-corrected chi connectivity index (χ4v) is 5.12. The van der Waals surface area contributed by atoms with Crippen LogP contribution in [-0.2, 0) is 38.1 Å². The van der Waals surface area contributed by atoms with Gasteiger partial charge in [0, 0.05) is 26.2 Å². The third kappa shape index (κ3) is 3.97. The number of carbonyl (C=O) groups is 3. The Balaban J connectivity index is 1.63. The summed E-state index contributed by atoms with van der Waals surface area (Å²) in [7, 11) is 0. The Morgan fingerprint density at radius 1 is 1.12 bits per heavy atom. The summed E-state index contributed by atoms with van der Waals surface area (Å²) in [6, 6.07) is 1.89. The number of ether oxygens (including phenoxy) is 5. The molecule has 0 aliphatic carbocycles. The largest absolute Gasteiger partial charge is 0.459 e. The molecule has 0 radical (unpaired) electrons. The molecule has 0 saturated carbocycles. The van der Waals surface area contributed by atoms with E-state index in [9.17, 15) is 14.4 Å². The quantitative estimate of drug-likeness (QED) is 0.381. The zero-order valence-electron chi connectivity index (χ0n) is 19.3. The summed E-state index contributed by atoms with van der Waals surface area (Å²) in [6.07, 6.45) is -0.169. The van der Waals surface area contributed by atoms with Gasteiger partial charge in [-0.25, -0.2) is 4.79 Å². The Kier molecular flexibility index (Phi) is 4.99. The van der Waals surface area contributed by atoms with Crippen LogP contribution in [0.15, 0.2) is 22.1 Å². The van der Waals surface area contributed by atoms with Crippen molar-refractivity contribution in [1.82, 2.24) is 0 Å². The van der Waals surface area contributed by atoms with Crippen molar-refractivity contribution in [2.24, 2.45) is 5.92 Å². The van der Waals surface area contributed by atoms with Gasteiger partial charge in [-0.2, -0.15) is 0 Å². The third-order valence-electron chi connectivity index (χ3n) is 7.01. The Morgan fingerprint density at radius 2 is 1.82 bits per heavy atom. The molecule has 4 aliphatic heterocycles. The van der Waals surface area contributed by atoms with E-state index >= 15 is 0 Å². The van der Waals surface area contributed by atoms with Crippen LogP contribution in [0.5, 0.6) is 0 Å². The van der Waals surface area contributed by atoms with Gasteiger partial charge in [0.1, 0.15) is 35.4 Å². The number of epoxide rings is 2. The highest BCUT2D eigenvalue weighted by atomic mass is 16.6. The predicted molar refractivity (Wildman–Crippen MR) is 111 cm³/mol. The van der Waals surface area contributed by atoms with Gasteiger partial charge in [0.15, 0.2) is 6.10 Å². The van der Waals surface area contributed by atoms with E-state index in [-0.39, 0.29) is 18.1 Å². The summed E-state index contributed by atoms with van der Waals surface area (Å²) < 4.78 is 34.9. The van der Waals surface area contributed by atoms with Crippen molar-refractivity contribution < 1.29 is 42.5 Å². The monoisotopic (exact) mass is 460 g/mol. The molecular formula is C24H28O9. The molecule has 4 aliphatic rings. The molecule has 5 rings (SSSR count). The molecule has 0 amide bonds. The number of fused-ring (bicyclic) bond motifs is 5. The van der Waals surface area contributed by atoms with Crippen LogP contribution >= 0.6 is 0 Å². The lowest BCUT2D eigenvalue weighted by molar-refractivity contribution is -0.157. The van der Waals surface area contributed by atoms with Crippen LogP contribution in [0.1, 0.15) is 69.8 Å². The smallest absolute Gasteiger partial charge is 0.338 e. The SMILES string of the molecule is CC(=O)O[C@@H]1c2oc(cc2C)[C@H]2O[C@]2(C)C[C@H]2C=C(C(=O)O2)[C@H](OC(C)=O)C[C@H]1[C@@]1(C)CO1. The van der Waals surface area contributed by atoms with Crippen molar-refractivity contribution >= 4 is 17.9 Å². The number of carbonyl (C=O) groups excluding carboxylic acids is 3. The van der Waals surface area contributed by atoms with E-state index in [0.717, 1.165) is 5.56 Å². The maximum Gasteiger partial charge on any atom is 0.338 e. The number of esters is 3. The molecule has 0 aromatic carbocycles. The first-order valence-electron chi connectivity index (χ1n) is 11.2. The molecule has 178 valence electrons. The topological polar surface area (TPSA) is 117 Å². The predicted octanol–water partition coefficient (Wildman–Crippen LogP) is 3.00. The minimum absolute atomic E-state index is 0.189. The Labute approximate surface area is 191 Å². The van der Waals surface area contributed by atoms with Crippen molar-refractivity contribution in [2.45, 2.75) is 83.1 Å². The van der Waals surface area contributed by atoms with Gasteiger partial charge < -0.3 is 28.1 Å². The highest BCUT2D eigenvalue weighted by Gasteiger charge is 2.59. The minimum Gasteiger partial charge on any atom is -0.459 e. The van der Waals surface area contributed by atoms with Gasteiger partial charge in [0.05, 0.1) is 17.8 Å². The van der Waals surface area contributed by atoms with Gasteiger partial charge in [0.25, 0.3) is 0 Å². The standard InChI is InChI=1S/C24H28O9/c1-11-6-18-21-23(4,33-21)9-14-7-15(22(27)31-14)17(29-12(2)25)8-16(24(5)10-28-24)20(19(11)32-18)30-13(3)26/h6-7,14,16-17,20-21H,8-10H2,1-5H3/t14-,16-,17-,20+,21-,23-,24-/m1/s1. The summed E-state index contributed by atoms with van der Waals surface area (Å²) in [5.74, 6) is -0.854. The summed E-state index contributed by atoms with van der Waals surface area (Å²) >= 11 is 0. The van der Waals surface area contributed by atoms with Crippen molar-refractivity contribution in [3.63, 3.8) is 0 Å². The molecule has 4 bridgehead atoms. The first-order chi connectivity index (χ1) is 15.5. The number of furan rings is 1. The van der Waals surface area contributed by atoms with Crippen molar-refractivity contribution in [1.29, 1.82) is 0 Å². The van der Waals surface area contributed by atoms with Crippen molar-refractivity contribution in [2.75, 3.05) is 6.61 Å². The first-order valence-corrected chi connectivity index (χ1v) is 11.2. The molecule has 1 aromatic heterocycles. The number of hydrogen-bond donors (Lipinski definition) is 0. The van der Waals surface area contributed by atoms with E-state index in [1.54, 1.807) is 6.08 Å². The average Bonchev–Trinajstić information content (AvgIpc) is 3.50. The van der Waals surface area contributed by atoms with E-state index in [1.165, 1.54) is 13.8 Å². The van der Waals surface area contributed by atoms with Gasteiger partial charge in [-0.1, -0.05) is 0 Å². The molecule has 9 heteroatoms. The summed E-state index contributed by atoms with van der Waals surface area (Å²) in [5.41, 5.74) is -0.128. The molecule has 33 heavy (non-hydrogen) atoms. The maximum absolute atomic E-state index is 12.8. The molecular weight excluding hydrogens is 432 g/mol. The molecule has 1 aromatic rings. The first kappa shape index (κ1) is 22.2. The zero-order valence-corrected chi connectivity index (χ0v) is 19.3. The van der Waals surface area contributed by atoms with E-state index in [4.69, 9.17) is 28.1 Å². The lowest BCUT2D eigenvalue weighted by Gasteiger charge is -2.31. The Morgan fingerprint density at radius 3 is 2.45 bits per heavy atom. The minimum atomic E-state index is -0.886.